The summed E-state index contributed by atoms with van der Waals surface area (Å²) in [7, 11) is 1.93. The van der Waals surface area contributed by atoms with Crippen LogP contribution in [-0.4, -0.2) is 30.5 Å². The van der Waals surface area contributed by atoms with Crippen LogP contribution in [0.5, 0.6) is 0 Å². The number of anilines is 2. The highest BCUT2D eigenvalue weighted by Gasteiger charge is 2.25. The summed E-state index contributed by atoms with van der Waals surface area (Å²) in [4.78, 5) is 13.9. The van der Waals surface area contributed by atoms with E-state index in [0.29, 0.717) is 12.2 Å². The van der Waals surface area contributed by atoms with Gasteiger partial charge >= 0.3 is 5.97 Å². The zero-order chi connectivity index (χ0) is 13.9. The normalized spacial score (nSPS) is 11.4. The Balaban J connectivity index is 2.99. The fourth-order valence-corrected chi connectivity index (χ4v) is 2.49. The third kappa shape index (κ3) is 3.60. The van der Waals surface area contributed by atoms with Crippen molar-refractivity contribution in [2.24, 2.45) is 5.41 Å². The molecule has 5 nitrogen and oxygen atoms in total. The minimum Gasteiger partial charge on any atom is -0.462 e. The Morgan fingerprint density at radius 3 is 2.61 bits per heavy atom. The summed E-state index contributed by atoms with van der Waals surface area (Å²) in [6.07, 6.45) is 0. The van der Waals surface area contributed by atoms with Crippen LogP contribution in [0.2, 0.25) is 0 Å². The Morgan fingerprint density at radius 1 is 1.50 bits per heavy atom. The van der Waals surface area contributed by atoms with Crippen LogP contribution >= 0.6 is 11.5 Å². The predicted molar refractivity (Wildman–Crippen MR) is 75.2 cm³/mol. The number of carbonyl (C=O) groups is 1. The van der Waals surface area contributed by atoms with Gasteiger partial charge in [-0.3, -0.25) is 0 Å². The molecule has 1 rings (SSSR count). The number of aromatic nitrogens is 1. The summed E-state index contributed by atoms with van der Waals surface area (Å²) in [5, 5.41) is 0.765. The van der Waals surface area contributed by atoms with Crippen LogP contribution in [0.1, 0.15) is 38.1 Å². The van der Waals surface area contributed by atoms with E-state index in [2.05, 4.69) is 25.1 Å². The Bertz CT molecular complexity index is 423. The zero-order valence-corrected chi connectivity index (χ0v) is 12.4. The highest BCUT2D eigenvalue weighted by atomic mass is 32.1. The molecule has 0 aromatic carbocycles. The lowest BCUT2D eigenvalue weighted by atomic mass is 9.96. The third-order valence-electron chi connectivity index (χ3n) is 2.24. The van der Waals surface area contributed by atoms with Crippen molar-refractivity contribution in [1.82, 2.24) is 4.37 Å². The molecule has 6 heteroatoms. The minimum absolute atomic E-state index is 0.124. The molecule has 18 heavy (non-hydrogen) atoms. The van der Waals surface area contributed by atoms with E-state index in [4.69, 9.17) is 10.5 Å². The van der Waals surface area contributed by atoms with Crippen molar-refractivity contribution < 1.29 is 9.53 Å². The summed E-state index contributed by atoms with van der Waals surface area (Å²) in [6, 6.07) is 0. The summed E-state index contributed by atoms with van der Waals surface area (Å²) in [6.45, 7) is 9.32. The van der Waals surface area contributed by atoms with Crippen molar-refractivity contribution in [2.75, 3.05) is 30.8 Å². The first kappa shape index (κ1) is 14.8. The first-order valence-electron chi connectivity index (χ1n) is 5.89. The minimum atomic E-state index is -0.403. The summed E-state index contributed by atoms with van der Waals surface area (Å²) < 4.78 is 9.06. The van der Waals surface area contributed by atoms with Gasteiger partial charge in [0.15, 0.2) is 5.82 Å². The van der Waals surface area contributed by atoms with Gasteiger partial charge in [-0.25, -0.2) is 4.79 Å². The van der Waals surface area contributed by atoms with Crippen molar-refractivity contribution in [3.8, 4) is 0 Å². The summed E-state index contributed by atoms with van der Waals surface area (Å²) >= 11 is 1.23. The quantitative estimate of drug-likeness (QED) is 0.852. The van der Waals surface area contributed by atoms with E-state index in [1.165, 1.54) is 11.5 Å². The molecule has 0 spiro atoms. The van der Waals surface area contributed by atoms with Crippen molar-refractivity contribution in [3.63, 3.8) is 0 Å². The molecule has 1 heterocycles. The molecule has 2 N–H and O–H groups in total. The number of esters is 1. The maximum atomic E-state index is 11.9. The van der Waals surface area contributed by atoms with Crippen molar-refractivity contribution >= 4 is 28.3 Å². The third-order valence-corrected chi connectivity index (χ3v) is 3.21. The molecule has 0 fully saturated rings. The molecule has 1 aromatic heterocycles. The van der Waals surface area contributed by atoms with E-state index in [1.807, 2.05) is 11.9 Å². The first-order valence-corrected chi connectivity index (χ1v) is 6.67. The van der Waals surface area contributed by atoms with E-state index in [0.717, 1.165) is 11.5 Å². The van der Waals surface area contributed by atoms with Crippen molar-refractivity contribution in [2.45, 2.75) is 27.7 Å². The zero-order valence-electron chi connectivity index (χ0n) is 11.6. The molecule has 0 aliphatic heterocycles. The van der Waals surface area contributed by atoms with Gasteiger partial charge < -0.3 is 15.4 Å². The summed E-state index contributed by atoms with van der Waals surface area (Å²) in [5.41, 5.74) is 6.25. The molecular weight excluding hydrogens is 250 g/mol. The number of ether oxygens (including phenoxy) is 1. The van der Waals surface area contributed by atoms with Gasteiger partial charge in [-0.1, -0.05) is 20.8 Å². The van der Waals surface area contributed by atoms with Crippen molar-refractivity contribution in [1.29, 1.82) is 0 Å². The largest absolute Gasteiger partial charge is 0.462 e. The Morgan fingerprint density at radius 2 is 2.11 bits per heavy atom. The molecule has 0 atom stereocenters. The number of nitrogens with two attached hydrogens (primary N) is 1. The number of rotatable bonds is 4. The molecule has 0 unspecified atom stereocenters. The molecule has 0 saturated heterocycles. The standard InChI is InChI=1S/C12H21N3O2S/c1-6-17-11(16)8-9(13)14-18-10(8)15(5)7-12(2,3)4/h6-7H2,1-5H3,(H2,13,14). The van der Waals surface area contributed by atoms with Crippen LogP contribution in [-0.2, 0) is 4.74 Å². The first-order chi connectivity index (χ1) is 8.26. The predicted octanol–water partition coefficient (Wildman–Crippen LogP) is 2.38. The summed E-state index contributed by atoms with van der Waals surface area (Å²) in [5.74, 6) is -0.159. The van der Waals surface area contributed by atoms with Gasteiger partial charge in [-0.05, 0) is 23.9 Å². The van der Waals surface area contributed by atoms with E-state index >= 15 is 0 Å². The molecule has 0 aliphatic rings. The number of hydrogen-bond donors (Lipinski definition) is 1. The molecular formula is C12H21N3O2S. The SMILES string of the molecule is CCOC(=O)c1c(N)nsc1N(C)CC(C)(C)C. The molecule has 0 saturated carbocycles. The highest BCUT2D eigenvalue weighted by Crippen LogP contribution is 2.32. The average molecular weight is 271 g/mol. The van der Waals surface area contributed by atoms with Crippen molar-refractivity contribution in [3.05, 3.63) is 5.56 Å². The monoisotopic (exact) mass is 271 g/mol. The fourth-order valence-electron chi connectivity index (χ4n) is 1.73. The van der Waals surface area contributed by atoms with Crippen LogP contribution in [0, 0.1) is 5.41 Å². The van der Waals surface area contributed by atoms with Gasteiger partial charge in [0.1, 0.15) is 10.6 Å². The lowest BCUT2D eigenvalue weighted by Gasteiger charge is -2.27. The maximum absolute atomic E-state index is 11.9. The molecule has 0 bridgehead atoms. The van der Waals surface area contributed by atoms with E-state index in [1.54, 1.807) is 6.92 Å². The number of nitrogens with zero attached hydrogens (tertiary/aromatic N) is 2. The second-order valence-electron chi connectivity index (χ2n) is 5.39. The molecule has 102 valence electrons. The maximum Gasteiger partial charge on any atom is 0.345 e. The second kappa shape index (κ2) is 5.56. The van der Waals surface area contributed by atoms with E-state index in [-0.39, 0.29) is 11.2 Å². The molecule has 0 radical (unpaired) electrons. The fraction of sp³-hybridized carbons (Fsp3) is 0.667. The van der Waals surface area contributed by atoms with Crippen LogP contribution < -0.4 is 10.6 Å². The molecule has 1 aromatic rings. The van der Waals surface area contributed by atoms with Crippen LogP contribution in [0.3, 0.4) is 0 Å². The van der Waals surface area contributed by atoms with Gasteiger partial charge in [0, 0.05) is 13.6 Å². The Kier molecular flexibility index (Phi) is 4.56. The van der Waals surface area contributed by atoms with E-state index in [9.17, 15) is 4.79 Å². The number of hydrogen-bond acceptors (Lipinski definition) is 6. The lowest BCUT2D eigenvalue weighted by molar-refractivity contribution is 0.0528. The van der Waals surface area contributed by atoms with Crippen LogP contribution in [0.25, 0.3) is 0 Å². The number of carbonyl (C=O) groups excluding carboxylic acids is 1. The van der Waals surface area contributed by atoms with Crippen LogP contribution in [0.4, 0.5) is 10.8 Å². The smallest absolute Gasteiger partial charge is 0.345 e. The average Bonchev–Trinajstić information content (AvgIpc) is 2.58. The Hall–Kier alpha value is -1.30. The Labute approximate surface area is 112 Å². The highest BCUT2D eigenvalue weighted by molar-refractivity contribution is 7.11. The molecule has 0 amide bonds. The van der Waals surface area contributed by atoms with E-state index < -0.39 is 5.97 Å². The van der Waals surface area contributed by atoms with Gasteiger partial charge in [-0.2, -0.15) is 4.37 Å². The van der Waals surface area contributed by atoms with Gasteiger partial charge in [0.05, 0.1) is 6.61 Å². The topological polar surface area (TPSA) is 68.5 Å². The van der Waals surface area contributed by atoms with Crippen LogP contribution in [0.15, 0.2) is 0 Å². The molecule has 0 aliphatic carbocycles. The lowest BCUT2D eigenvalue weighted by Crippen LogP contribution is -2.29. The number of nitrogen functional groups attached to an aromatic ring is 1. The van der Waals surface area contributed by atoms with Gasteiger partial charge in [0.2, 0.25) is 0 Å². The van der Waals surface area contributed by atoms with Gasteiger partial charge in [0.25, 0.3) is 0 Å². The second-order valence-corrected chi connectivity index (χ2v) is 6.14. The van der Waals surface area contributed by atoms with Gasteiger partial charge in [-0.15, -0.1) is 0 Å².